The lowest BCUT2D eigenvalue weighted by atomic mass is 10.2. The number of nitrogens with zero attached hydrogens (tertiary/aromatic N) is 3. The van der Waals surface area contributed by atoms with Crippen LogP contribution in [0.1, 0.15) is 28.2 Å². The standard InChI is InChI=1S/C10H13N3O2/c1-13(2)10-11-7-5-3-4-6(7)8(12-10)9(14)15/h3-5H2,1-2H3,(H,14,15). The van der Waals surface area contributed by atoms with E-state index in [9.17, 15) is 4.79 Å². The van der Waals surface area contributed by atoms with Crippen LogP contribution in [-0.2, 0) is 12.8 Å². The third-order valence-corrected chi connectivity index (χ3v) is 2.52. The third-order valence-electron chi connectivity index (χ3n) is 2.52. The highest BCUT2D eigenvalue weighted by atomic mass is 16.4. The molecule has 1 aliphatic carbocycles. The molecule has 0 atom stereocenters. The second-order valence-electron chi connectivity index (χ2n) is 3.85. The molecule has 0 aliphatic heterocycles. The zero-order valence-corrected chi connectivity index (χ0v) is 8.82. The van der Waals surface area contributed by atoms with Gasteiger partial charge in [-0.05, 0) is 19.3 Å². The number of carboxylic acids is 1. The lowest BCUT2D eigenvalue weighted by Crippen LogP contribution is -2.17. The molecule has 5 heteroatoms. The Balaban J connectivity index is 2.57. The van der Waals surface area contributed by atoms with Crippen LogP contribution in [0.4, 0.5) is 5.95 Å². The summed E-state index contributed by atoms with van der Waals surface area (Å²) < 4.78 is 0. The van der Waals surface area contributed by atoms with Crippen LogP contribution in [-0.4, -0.2) is 35.1 Å². The average Bonchev–Trinajstić information content (AvgIpc) is 2.62. The van der Waals surface area contributed by atoms with Crippen molar-refractivity contribution in [3.63, 3.8) is 0 Å². The summed E-state index contributed by atoms with van der Waals surface area (Å²) in [4.78, 5) is 21.2. The fourth-order valence-corrected chi connectivity index (χ4v) is 1.80. The molecule has 0 amide bonds. The van der Waals surface area contributed by atoms with Gasteiger partial charge in [-0.2, -0.15) is 0 Å². The highest BCUT2D eigenvalue weighted by Crippen LogP contribution is 2.24. The zero-order valence-electron chi connectivity index (χ0n) is 8.82. The zero-order chi connectivity index (χ0) is 11.0. The maximum absolute atomic E-state index is 11.0. The van der Waals surface area contributed by atoms with Crippen LogP contribution in [0.25, 0.3) is 0 Å². The largest absolute Gasteiger partial charge is 0.476 e. The number of rotatable bonds is 2. The Kier molecular flexibility index (Phi) is 2.30. The topological polar surface area (TPSA) is 66.3 Å². The van der Waals surface area contributed by atoms with Crippen LogP contribution < -0.4 is 4.90 Å². The van der Waals surface area contributed by atoms with Crippen molar-refractivity contribution >= 4 is 11.9 Å². The molecule has 1 N–H and O–H groups in total. The maximum atomic E-state index is 11.0. The number of hydrogen-bond acceptors (Lipinski definition) is 4. The minimum Gasteiger partial charge on any atom is -0.476 e. The van der Waals surface area contributed by atoms with Gasteiger partial charge in [-0.15, -0.1) is 0 Å². The van der Waals surface area contributed by atoms with Gasteiger partial charge in [0, 0.05) is 19.7 Å². The molecule has 2 rings (SSSR count). The van der Waals surface area contributed by atoms with E-state index in [0.717, 1.165) is 30.5 Å². The summed E-state index contributed by atoms with van der Waals surface area (Å²) in [5.41, 5.74) is 1.88. The summed E-state index contributed by atoms with van der Waals surface area (Å²) in [6, 6.07) is 0. The van der Waals surface area contributed by atoms with Gasteiger partial charge in [-0.25, -0.2) is 14.8 Å². The fraction of sp³-hybridized carbons (Fsp3) is 0.500. The summed E-state index contributed by atoms with van der Waals surface area (Å²) in [5.74, 6) is -0.480. The highest BCUT2D eigenvalue weighted by Gasteiger charge is 2.23. The Morgan fingerprint density at radius 1 is 1.33 bits per heavy atom. The molecule has 0 spiro atoms. The first-order valence-electron chi connectivity index (χ1n) is 4.90. The van der Waals surface area contributed by atoms with E-state index in [1.54, 1.807) is 4.90 Å². The predicted octanol–water partition coefficient (Wildman–Crippen LogP) is 0.729. The van der Waals surface area contributed by atoms with Crippen LogP contribution in [0.15, 0.2) is 0 Å². The average molecular weight is 207 g/mol. The van der Waals surface area contributed by atoms with E-state index >= 15 is 0 Å². The number of aromatic nitrogens is 2. The Bertz CT molecular complexity index is 415. The molecule has 0 bridgehead atoms. The smallest absolute Gasteiger partial charge is 0.354 e. The van der Waals surface area contributed by atoms with E-state index in [4.69, 9.17) is 5.11 Å². The van der Waals surface area contributed by atoms with E-state index in [2.05, 4.69) is 9.97 Å². The quantitative estimate of drug-likeness (QED) is 0.774. The van der Waals surface area contributed by atoms with Crippen LogP contribution in [0.3, 0.4) is 0 Å². The van der Waals surface area contributed by atoms with Crippen molar-refractivity contribution in [2.45, 2.75) is 19.3 Å². The lowest BCUT2D eigenvalue weighted by Gasteiger charge is -2.12. The van der Waals surface area contributed by atoms with Crippen molar-refractivity contribution in [2.24, 2.45) is 0 Å². The number of aryl methyl sites for hydroxylation is 1. The van der Waals surface area contributed by atoms with Gasteiger partial charge in [0.15, 0.2) is 5.69 Å². The van der Waals surface area contributed by atoms with Crippen molar-refractivity contribution in [3.05, 3.63) is 17.0 Å². The number of anilines is 1. The van der Waals surface area contributed by atoms with Gasteiger partial charge >= 0.3 is 5.97 Å². The number of carbonyl (C=O) groups is 1. The molecule has 0 radical (unpaired) electrons. The van der Waals surface area contributed by atoms with E-state index in [0.29, 0.717) is 5.95 Å². The van der Waals surface area contributed by atoms with Crippen molar-refractivity contribution in [3.8, 4) is 0 Å². The highest BCUT2D eigenvalue weighted by molar-refractivity contribution is 5.88. The summed E-state index contributed by atoms with van der Waals surface area (Å²) in [5, 5.41) is 9.05. The second-order valence-corrected chi connectivity index (χ2v) is 3.85. The minimum atomic E-state index is -0.960. The number of fused-ring (bicyclic) bond motifs is 1. The fourth-order valence-electron chi connectivity index (χ4n) is 1.80. The van der Waals surface area contributed by atoms with Crippen molar-refractivity contribution in [2.75, 3.05) is 19.0 Å². The number of hydrogen-bond donors (Lipinski definition) is 1. The summed E-state index contributed by atoms with van der Waals surface area (Å²) >= 11 is 0. The normalized spacial score (nSPS) is 13.7. The molecule has 1 aliphatic rings. The first-order chi connectivity index (χ1) is 7.09. The van der Waals surface area contributed by atoms with Gasteiger partial charge in [-0.3, -0.25) is 0 Å². The van der Waals surface area contributed by atoms with Crippen molar-refractivity contribution in [1.29, 1.82) is 0 Å². The van der Waals surface area contributed by atoms with Gasteiger partial charge in [0.25, 0.3) is 0 Å². The molecule has 0 saturated carbocycles. The van der Waals surface area contributed by atoms with E-state index in [1.165, 1.54) is 0 Å². The molecule has 1 aromatic rings. The molecular weight excluding hydrogens is 194 g/mol. The molecule has 80 valence electrons. The lowest BCUT2D eigenvalue weighted by molar-refractivity contribution is 0.0689. The summed E-state index contributed by atoms with van der Waals surface area (Å²) in [7, 11) is 3.62. The van der Waals surface area contributed by atoms with Crippen LogP contribution in [0, 0.1) is 0 Å². The molecule has 0 aromatic carbocycles. The molecule has 0 saturated heterocycles. The van der Waals surface area contributed by atoms with E-state index in [-0.39, 0.29) is 5.69 Å². The Hall–Kier alpha value is -1.65. The number of carboxylic acid groups (broad SMARTS) is 1. The first-order valence-corrected chi connectivity index (χ1v) is 4.90. The molecule has 0 fully saturated rings. The summed E-state index contributed by atoms with van der Waals surface area (Å²) in [6.45, 7) is 0. The molecule has 15 heavy (non-hydrogen) atoms. The van der Waals surface area contributed by atoms with E-state index in [1.807, 2.05) is 14.1 Å². The molecule has 5 nitrogen and oxygen atoms in total. The predicted molar refractivity (Wildman–Crippen MR) is 55.3 cm³/mol. The monoisotopic (exact) mass is 207 g/mol. The van der Waals surface area contributed by atoms with Gasteiger partial charge in [0.1, 0.15) is 0 Å². The van der Waals surface area contributed by atoms with Gasteiger partial charge in [-0.1, -0.05) is 0 Å². The summed E-state index contributed by atoms with van der Waals surface area (Å²) in [6.07, 6.45) is 2.62. The SMILES string of the molecule is CN(C)c1nc2c(c(C(=O)O)n1)CCC2. The molecule has 0 unspecified atom stereocenters. The minimum absolute atomic E-state index is 0.168. The van der Waals surface area contributed by atoms with Gasteiger partial charge < -0.3 is 10.0 Å². The van der Waals surface area contributed by atoms with Crippen LogP contribution >= 0.6 is 0 Å². The van der Waals surface area contributed by atoms with Gasteiger partial charge in [0.05, 0.1) is 5.69 Å². The Morgan fingerprint density at radius 2 is 2.07 bits per heavy atom. The maximum Gasteiger partial charge on any atom is 0.354 e. The molecule has 1 heterocycles. The molecule has 1 aromatic heterocycles. The van der Waals surface area contributed by atoms with Crippen LogP contribution in [0.5, 0.6) is 0 Å². The van der Waals surface area contributed by atoms with Gasteiger partial charge in [0.2, 0.25) is 5.95 Å². The molecular formula is C10H13N3O2. The van der Waals surface area contributed by atoms with Crippen LogP contribution in [0.2, 0.25) is 0 Å². The van der Waals surface area contributed by atoms with E-state index < -0.39 is 5.97 Å². The third kappa shape index (κ3) is 1.65. The number of aromatic carboxylic acids is 1. The van der Waals surface area contributed by atoms with Crippen molar-refractivity contribution < 1.29 is 9.90 Å². The Morgan fingerprint density at radius 3 is 2.67 bits per heavy atom. The first kappa shape index (κ1) is 9.89. The second kappa shape index (κ2) is 3.49. The Labute approximate surface area is 87.8 Å². The van der Waals surface area contributed by atoms with Crippen molar-refractivity contribution in [1.82, 2.24) is 9.97 Å².